The van der Waals surface area contributed by atoms with Gasteiger partial charge in [-0.05, 0) is 73.4 Å². The molecule has 0 aliphatic heterocycles. The number of aliphatic hydroxyl groups is 2. The standard InChI is InChI=1S/C27H28ClF2N3O5S/c1-14-9-16-11-18(13-19(14)27(16,36)25(34)23-7-8-31-33(23)2)39(37,38)24-10-15(3-5-20(24)28)26(35)32-17-4-6-21(29)22(30)12-17/h3-8,10,12,14,16,18-19,25,34,36H,9,11,13H2,1-2H3,(H,32,35)/t14-,16?,18+,19?,25?,27+/m0/s1. The smallest absolute Gasteiger partial charge is 0.255 e. The third kappa shape index (κ3) is 4.65. The maximum atomic E-state index is 13.8. The van der Waals surface area contributed by atoms with Crippen LogP contribution < -0.4 is 5.32 Å². The summed E-state index contributed by atoms with van der Waals surface area (Å²) in [6, 6.07) is 8.32. The zero-order valence-corrected chi connectivity index (χ0v) is 22.8. The number of nitrogens with one attached hydrogen (secondary N) is 1. The van der Waals surface area contributed by atoms with Crippen LogP contribution in [-0.4, -0.2) is 45.2 Å². The monoisotopic (exact) mass is 579 g/mol. The second kappa shape index (κ2) is 9.96. The summed E-state index contributed by atoms with van der Waals surface area (Å²) in [4.78, 5) is 12.6. The number of aromatic nitrogens is 2. The summed E-state index contributed by atoms with van der Waals surface area (Å²) in [7, 11) is -2.39. The number of aryl methyl sites for hydroxylation is 1. The van der Waals surface area contributed by atoms with Crippen molar-refractivity contribution < 1.29 is 32.2 Å². The SMILES string of the molecule is C[C@H]1CC2C[C@@H](S(=O)(=O)c3cc(C(=O)Nc4ccc(F)c(F)c4)ccc3Cl)CC1[C@@]2(O)C(O)c1ccnn1C. The van der Waals surface area contributed by atoms with Crippen molar-refractivity contribution in [1.82, 2.24) is 9.78 Å². The highest BCUT2D eigenvalue weighted by Gasteiger charge is 2.62. The van der Waals surface area contributed by atoms with Gasteiger partial charge < -0.3 is 15.5 Å². The van der Waals surface area contributed by atoms with Gasteiger partial charge in [-0.15, -0.1) is 0 Å². The molecule has 3 unspecified atom stereocenters. The number of benzene rings is 2. The molecule has 1 heterocycles. The predicted molar refractivity (Wildman–Crippen MR) is 140 cm³/mol. The topological polar surface area (TPSA) is 122 Å². The fourth-order valence-corrected chi connectivity index (χ4v) is 8.73. The van der Waals surface area contributed by atoms with Gasteiger partial charge in [-0.3, -0.25) is 9.48 Å². The van der Waals surface area contributed by atoms with E-state index in [9.17, 15) is 32.2 Å². The molecule has 208 valence electrons. The molecule has 2 bridgehead atoms. The van der Waals surface area contributed by atoms with Crippen LogP contribution in [0.2, 0.25) is 5.02 Å². The molecule has 6 atom stereocenters. The van der Waals surface area contributed by atoms with Crippen LogP contribution in [-0.2, 0) is 16.9 Å². The van der Waals surface area contributed by atoms with Crippen molar-refractivity contribution in [2.24, 2.45) is 24.8 Å². The predicted octanol–water partition coefficient (Wildman–Crippen LogP) is 4.28. The third-order valence-corrected chi connectivity index (χ3v) is 11.0. The summed E-state index contributed by atoms with van der Waals surface area (Å²) in [5.74, 6) is -3.95. The fourth-order valence-electron chi connectivity index (χ4n) is 6.35. The molecular formula is C27H28ClF2N3O5S. The Morgan fingerprint density at radius 3 is 2.54 bits per heavy atom. The number of halogens is 3. The molecule has 2 aromatic carbocycles. The van der Waals surface area contributed by atoms with Gasteiger partial charge in [0.2, 0.25) is 0 Å². The number of carbonyl (C=O) groups is 1. The van der Waals surface area contributed by atoms with E-state index in [-0.39, 0.29) is 39.9 Å². The van der Waals surface area contributed by atoms with Crippen molar-refractivity contribution in [2.45, 2.75) is 48.0 Å². The molecule has 8 nitrogen and oxygen atoms in total. The Balaban J connectivity index is 1.41. The molecule has 0 saturated heterocycles. The molecule has 3 aromatic rings. The minimum absolute atomic E-state index is 0.00219. The number of anilines is 1. The zero-order chi connectivity index (χ0) is 28.3. The normalized spacial score (nSPS) is 27.4. The number of rotatable bonds is 6. The van der Waals surface area contributed by atoms with Crippen LogP contribution in [0, 0.1) is 29.4 Å². The highest BCUT2D eigenvalue weighted by Crippen LogP contribution is 2.58. The largest absolute Gasteiger partial charge is 0.386 e. The lowest BCUT2D eigenvalue weighted by molar-refractivity contribution is -0.150. The maximum Gasteiger partial charge on any atom is 0.255 e. The molecule has 2 aliphatic carbocycles. The van der Waals surface area contributed by atoms with Gasteiger partial charge in [0.15, 0.2) is 21.5 Å². The van der Waals surface area contributed by atoms with Crippen molar-refractivity contribution in [3.63, 3.8) is 0 Å². The van der Waals surface area contributed by atoms with Crippen molar-refractivity contribution in [3.8, 4) is 0 Å². The van der Waals surface area contributed by atoms with Crippen molar-refractivity contribution in [1.29, 1.82) is 0 Å². The van der Waals surface area contributed by atoms with E-state index in [0.29, 0.717) is 12.1 Å². The number of fused-ring (bicyclic) bond motifs is 2. The molecule has 12 heteroatoms. The van der Waals surface area contributed by atoms with E-state index in [1.807, 2.05) is 6.92 Å². The lowest BCUT2D eigenvalue weighted by Crippen LogP contribution is -2.53. The molecule has 1 amide bonds. The van der Waals surface area contributed by atoms with Crippen molar-refractivity contribution >= 4 is 33.0 Å². The first-order valence-corrected chi connectivity index (χ1v) is 14.4. The average molecular weight is 580 g/mol. The van der Waals surface area contributed by atoms with Crippen LogP contribution in [0.15, 0.2) is 53.6 Å². The number of hydrogen-bond donors (Lipinski definition) is 3. The van der Waals surface area contributed by atoms with Crippen LogP contribution in [0.5, 0.6) is 0 Å². The van der Waals surface area contributed by atoms with Gasteiger partial charge in [0.1, 0.15) is 11.7 Å². The van der Waals surface area contributed by atoms with E-state index in [2.05, 4.69) is 10.4 Å². The molecule has 2 aliphatic rings. The van der Waals surface area contributed by atoms with E-state index in [4.69, 9.17) is 11.6 Å². The van der Waals surface area contributed by atoms with Gasteiger partial charge >= 0.3 is 0 Å². The first-order valence-electron chi connectivity index (χ1n) is 12.5. The Morgan fingerprint density at radius 2 is 1.90 bits per heavy atom. The summed E-state index contributed by atoms with van der Waals surface area (Å²) in [5.41, 5.74) is -1.10. The van der Waals surface area contributed by atoms with Crippen molar-refractivity contribution in [3.05, 3.63) is 76.6 Å². The maximum absolute atomic E-state index is 13.8. The quantitative estimate of drug-likeness (QED) is 0.401. The summed E-state index contributed by atoms with van der Waals surface area (Å²) in [6.45, 7) is 1.94. The Bertz CT molecular complexity index is 1550. The Hall–Kier alpha value is -2.86. The fraction of sp³-hybridized carbons (Fsp3) is 0.407. The summed E-state index contributed by atoms with van der Waals surface area (Å²) in [6.07, 6.45) is 1.05. The molecule has 0 spiro atoms. The first kappa shape index (κ1) is 27.7. The lowest BCUT2D eigenvalue weighted by atomic mass is 9.69. The Kier molecular flexibility index (Phi) is 7.07. The van der Waals surface area contributed by atoms with E-state index < -0.39 is 56.2 Å². The molecule has 39 heavy (non-hydrogen) atoms. The zero-order valence-electron chi connectivity index (χ0n) is 21.2. The average Bonchev–Trinajstić information content (AvgIpc) is 3.34. The lowest BCUT2D eigenvalue weighted by Gasteiger charge is -2.45. The van der Waals surface area contributed by atoms with Gasteiger partial charge in [0.05, 0.1) is 20.9 Å². The second-order valence-corrected chi connectivity index (χ2v) is 13.2. The van der Waals surface area contributed by atoms with Crippen LogP contribution >= 0.6 is 11.6 Å². The van der Waals surface area contributed by atoms with Crippen LogP contribution in [0.3, 0.4) is 0 Å². The molecular weight excluding hydrogens is 552 g/mol. The molecule has 0 radical (unpaired) electrons. The van der Waals surface area contributed by atoms with Gasteiger partial charge in [0, 0.05) is 30.6 Å². The van der Waals surface area contributed by atoms with E-state index in [1.165, 1.54) is 35.1 Å². The minimum atomic E-state index is -4.05. The number of nitrogens with zero attached hydrogens (tertiary/aromatic N) is 2. The van der Waals surface area contributed by atoms with Gasteiger partial charge in [-0.1, -0.05) is 18.5 Å². The van der Waals surface area contributed by atoms with Crippen LogP contribution in [0.1, 0.15) is 48.3 Å². The molecule has 2 fully saturated rings. The number of aliphatic hydroxyl groups excluding tert-OH is 1. The van der Waals surface area contributed by atoms with E-state index in [1.54, 1.807) is 13.1 Å². The van der Waals surface area contributed by atoms with Gasteiger partial charge in [-0.2, -0.15) is 5.10 Å². The second-order valence-electron chi connectivity index (χ2n) is 10.6. The Labute approximate surface area is 229 Å². The highest BCUT2D eigenvalue weighted by molar-refractivity contribution is 7.92. The van der Waals surface area contributed by atoms with Gasteiger partial charge in [0.25, 0.3) is 5.91 Å². The van der Waals surface area contributed by atoms with Crippen LogP contribution in [0.4, 0.5) is 14.5 Å². The minimum Gasteiger partial charge on any atom is -0.386 e. The number of carbonyl (C=O) groups excluding carboxylic acids is 1. The number of amides is 1. The number of sulfone groups is 1. The summed E-state index contributed by atoms with van der Waals surface area (Å²) >= 11 is 6.31. The Morgan fingerprint density at radius 1 is 1.15 bits per heavy atom. The molecule has 5 rings (SSSR count). The third-order valence-electron chi connectivity index (χ3n) is 8.35. The van der Waals surface area contributed by atoms with E-state index in [0.717, 1.165) is 12.1 Å². The molecule has 2 saturated carbocycles. The van der Waals surface area contributed by atoms with E-state index >= 15 is 0 Å². The summed E-state index contributed by atoms with van der Waals surface area (Å²) < 4.78 is 56.0. The highest BCUT2D eigenvalue weighted by atomic mass is 35.5. The van der Waals surface area contributed by atoms with Gasteiger partial charge in [-0.25, -0.2) is 17.2 Å². The molecule has 1 aromatic heterocycles. The first-order chi connectivity index (χ1) is 18.3. The summed E-state index contributed by atoms with van der Waals surface area (Å²) in [5, 5.41) is 28.6. The molecule has 3 N–H and O–H groups in total. The van der Waals surface area contributed by atoms with Crippen LogP contribution in [0.25, 0.3) is 0 Å². The number of hydrogen-bond acceptors (Lipinski definition) is 6. The van der Waals surface area contributed by atoms with Crippen molar-refractivity contribution in [2.75, 3.05) is 5.32 Å².